The Morgan fingerprint density at radius 3 is 2.67 bits per heavy atom. The van der Waals surface area contributed by atoms with Crippen LogP contribution in [0.1, 0.15) is 5.56 Å². The van der Waals surface area contributed by atoms with Crippen LogP contribution >= 0.6 is 0 Å². The molecule has 0 aliphatic rings. The molecule has 1 heteroatoms. The monoisotopic (exact) mass is 233 g/mol. The summed E-state index contributed by atoms with van der Waals surface area (Å²) in [5, 5.41) is 2.27. The summed E-state index contributed by atoms with van der Waals surface area (Å²) in [6, 6.07) is 25.4. The Balaban J connectivity index is 1.79. The van der Waals surface area contributed by atoms with Crippen LogP contribution in [0.15, 0.2) is 66.7 Å². The van der Waals surface area contributed by atoms with Gasteiger partial charge in [0.05, 0.1) is 0 Å². The van der Waals surface area contributed by atoms with Crippen LogP contribution in [0.5, 0.6) is 5.75 Å². The number of ether oxygens (including phenoxy) is 1. The lowest BCUT2D eigenvalue weighted by Gasteiger charge is -2.07. The van der Waals surface area contributed by atoms with E-state index in [0.717, 1.165) is 16.5 Å². The van der Waals surface area contributed by atoms with Crippen LogP contribution in [0.2, 0.25) is 0 Å². The molecule has 3 rings (SSSR count). The molecule has 0 heterocycles. The lowest BCUT2D eigenvalue weighted by Crippen LogP contribution is -1.94. The molecular weight excluding hydrogens is 220 g/mol. The van der Waals surface area contributed by atoms with E-state index in [0.29, 0.717) is 6.61 Å². The molecular formula is C17H13O. The molecule has 0 aliphatic carbocycles. The average molecular weight is 233 g/mol. The van der Waals surface area contributed by atoms with Crippen LogP contribution in [-0.2, 0) is 6.61 Å². The van der Waals surface area contributed by atoms with Gasteiger partial charge in [0.2, 0.25) is 0 Å². The molecule has 0 fully saturated rings. The molecule has 0 spiro atoms. The number of hydrogen-bond donors (Lipinski definition) is 0. The van der Waals surface area contributed by atoms with Gasteiger partial charge in [0.15, 0.2) is 0 Å². The smallest absolute Gasteiger partial charge is 0.120 e. The second kappa shape index (κ2) is 4.92. The summed E-state index contributed by atoms with van der Waals surface area (Å²) in [5.74, 6) is 0.894. The van der Waals surface area contributed by atoms with Crippen LogP contribution in [-0.4, -0.2) is 0 Å². The minimum absolute atomic E-state index is 0.600. The Hall–Kier alpha value is -2.28. The number of rotatable bonds is 3. The first-order chi connectivity index (χ1) is 8.92. The minimum atomic E-state index is 0.600. The molecule has 0 atom stereocenters. The van der Waals surface area contributed by atoms with Gasteiger partial charge in [-0.25, -0.2) is 0 Å². The summed E-state index contributed by atoms with van der Waals surface area (Å²) in [6.07, 6.45) is 0. The second-order valence-electron chi connectivity index (χ2n) is 4.19. The Morgan fingerprint density at radius 1 is 0.889 bits per heavy atom. The van der Waals surface area contributed by atoms with Crippen molar-refractivity contribution in [1.29, 1.82) is 0 Å². The normalized spacial score (nSPS) is 10.4. The summed E-state index contributed by atoms with van der Waals surface area (Å²) in [6.45, 7) is 0.600. The van der Waals surface area contributed by atoms with Gasteiger partial charge >= 0.3 is 0 Å². The van der Waals surface area contributed by atoms with Gasteiger partial charge in [-0.3, -0.25) is 0 Å². The fourth-order valence-corrected chi connectivity index (χ4v) is 1.93. The van der Waals surface area contributed by atoms with Crippen molar-refractivity contribution < 1.29 is 4.74 Å². The molecule has 0 N–H and O–H groups in total. The zero-order valence-corrected chi connectivity index (χ0v) is 9.97. The average Bonchev–Trinajstić information content (AvgIpc) is 2.46. The lowest BCUT2D eigenvalue weighted by atomic mass is 10.1. The van der Waals surface area contributed by atoms with E-state index in [1.807, 2.05) is 42.5 Å². The first-order valence-electron chi connectivity index (χ1n) is 5.99. The summed E-state index contributed by atoms with van der Waals surface area (Å²) in [7, 11) is 0. The first-order valence-corrected chi connectivity index (χ1v) is 5.99. The third-order valence-corrected chi connectivity index (χ3v) is 2.88. The maximum Gasteiger partial charge on any atom is 0.120 e. The molecule has 87 valence electrons. The second-order valence-corrected chi connectivity index (χ2v) is 4.19. The van der Waals surface area contributed by atoms with E-state index in [1.54, 1.807) is 0 Å². The summed E-state index contributed by atoms with van der Waals surface area (Å²) in [4.78, 5) is 0. The molecule has 0 amide bonds. The van der Waals surface area contributed by atoms with Crippen molar-refractivity contribution in [2.24, 2.45) is 0 Å². The molecule has 0 unspecified atom stereocenters. The molecule has 0 bridgehead atoms. The van der Waals surface area contributed by atoms with Gasteiger partial charge in [-0.05, 0) is 34.5 Å². The molecule has 1 radical (unpaired) electrons. The van der Waals surface area contributed by atoms with Crippen LogP contribution < -0.4 is 4.74 Å². The largest absolute Gasteiger partial charge is 0.489 e. The summed E-state index contributed by atoms with van der Waals surface area (Å²) >= 11 is 0. The number of fused-ring (bicyclic) bond motifs is 1. The molecule has 3 aromatic carbocycles. The Morgan fingerprint density at radius 2 is 1.78 bits per heavy atom. The molecule has 1 nitrogen and oxygen atoms in total. The van der Waals surface area contributed by atoms with Gasteiger partial charge in [-0.1, -0.05) is 54.6 Å². The zero-order valence-electron chi connectivity index (χ0n) is 9.97. The van der Waals surface area contributed by atoms with E-state index < -0.39 is 0 Å². The van der Waals surface area contributed by atoms with Crippen LogP contribution in [0.3, 0.4) is 0 Å². The van der Waals surface area contributed by atoms with E-state index in [2.05, 4.69) is 30.3 Å². The van der Waals surface area contributed by atoms with Crippen LogP contribution in [0.4, 0.5) is 0 Å². The van der Waals surface area contributed by atoms with Crippen molar-refractivity contribution in [3.8, 4) is 5.75 Å². The zero-order chi connectivity index (χ0) is 12.2. The van der Waals surface area contributed by atoms with E-state index >= 15 is 0 Å². The van der Waals surface area contributed by atoms with Crippen LogP contribution in [0.25, 0.3) is 10.8 Å². The fourth-order valence-electron chi connectivity index (χ4n) is 1.93. The van der Waals surface area contributed by atoms with Crippen molar-refractivity contribution in [2.45, 2.75) is 6.61 Å². The van der Waals surface area contributed by atoms with Crippen molar-refractivity contribution in [2.75, 3.05) is 0 Å². The van der Waals surface area contributed by atoms with Crippen LogP contribution in [0, 0.1) is 6.07 Å². The summed E-state index contributed by atoms with van der Waals surface area (Å²) < 4.78 is 5.79. The third-order valence-electron chi connectivity index (χ3n) is 2.88. The SMILES string of the molecule is [c]1cccc2cc(OCc3ccccc3)ccc12. The standard InChI is InChI=1S/C17H13O/c1-2-6-14(7-3-1)13-18-17-11-10-15-8-4-5-9-16(15)12-17/h1-7,9-12H,13H2. The lowest BCUT2D eigenvalue weighted by molar-refractivity contribution is 0.306. The highest BCUT2D eigenvalue weighted by Crippen LogP contribution is 2.20. The topological polar surface area (TPSA) is 9.23 Å². The molecule has 0 saturated carbocycles. The maximum atomic E-state index is 5.79. The Kier molecular flexibility index (Phi) is 2.97. The molecule has 18 heavy (non-hydrogen) atoms. The van der Waals surface area contributed by atoms with Gasteiger partial charge < -0.3 is 4.74 Å². The van der Waals surface area contributed by atoms with E-state index in [-0.39, 0.29) is 0 Å². The fraction of sp³-hybridized carbons (Fsp3) is 0.0588. The van der Waals surface area contributed by atoms with Crippen molar-refractivity contribution >= 4 is 10.8 Å². The highest BCUT2D eigenvalue weighted by Gasteiger charge is 1.98. The molecule has 0 saturated heterocycles. The molecule has 0 aromatic heterocycles. The van der Waals surface area contributed by atoms with Gasteiger partial charge in [0.25, 0.3) is 0 Å². The maximum absolute atomic E-state index is 5.79. The predicted octanol–water partition coefficient (Wildman–Crippen LogP) is 4.22. The predicted molar refractivity (Wildman–Crippen MR) is 73.6 cm³/mol. The summed E-state index contributed by atoms with van der Waals surface area (Å²) in [5.41, 5.74) is 1.18. The van der Waals surface area contributed by atoms with Gasteiger partial charge in [-0.2, -0.15) is 0 Å². The highest BCUT2D eigenvalue weighted by atomic mass is 16.5. The Labute approximate surface area is 107 Å². The molecule has 3 aromatic rings. The van der Waals surface area contributed by atoms with E-state index in [1.165, 1.54) is 5.56 Å². The first kappa shape index (κ1) is 10.8. The number of benzene rings is 3. The highest BCUT2D eigenvalue weighted by molar-refractivity contribution is 5.83. The Bertz CT molecular complexity index is 644. The quantitative estimate of drug-likeness (QED) is 0.658. The van der Waals surface area contributed by atoms with Crippen molar-refractivity contribution in [3.63, 3.8) is 0 Å². The van der Waals surface area contributed by atoms with Gasteiger partial charge in [0, 0.05) is 0 Å². The number of hydrogen-bond acceptors (Lipinski definition) is 1. The minimum Gasteiger partial charge on any atom is -0.489 e. The van der Waals surface area contributed by atoms with Crippen molar-refractivity contribution in [1.82, 2.24) is 0 Å². The van der Waals surface area contributed by atoms with E-state index in [9.17, 15) is 0 Å². The van der Waals surface area contributed by atoms with Gasteiger partial charge in [-0.15, -0.1) is 0 Å². The molecule has 0 aliphatic heterocycles. The van der Waals surface area contributed by atoms with E-state index in [4.69, 9.17) is 4.74 Å². The van der Waals surface area contributed by atoms with Crippen molar-refractivity contribution in [3.05, 3.63) is 78.4 Å². The third kappa shape index (κ3) is 2.35. The van der Waals surface area contributed by atoms with Gasteiger partial charge in [0.1, 0.15) is 12.4 Å².